The van der Waals surface area contributed by atoms with Gasteiger partial charge in [0.2, 0.25) is 7.14 Å². The van der Waals surface area contributed by atoms with Gasteiger partial charge in [-0.2, -0.15) is 0 Å². The Hall–Kier alpha value is -0.350. The van der Waals surface area contributed by atoms with Gasteiger partial charge in [-0.3, -0.25) is 0 Å². The highest BCUT2D eigenvalue weighted by molar-refractivity contribution is 9.10. The first kappa shape index (κ1) is 10.8. The number of fused-ring (bicyclic) bond motifs is 3. The summed E-state index contributed by atoms with van der Waals surface area (Å²) in [5, 5.41) is 0. The van der Waals surface area contributed by atoms with E-state index in [-0.39, 0.29) is 21.2 Å². The van der Waals surface area contributed by atoms with Crippen molar-refractivity contribution < 1.29 is 21.2 Å². The van der Waals surface area contributed by atoms with Gasteiger partial charge < -0.3 is 0 Å². The topological polar surface area (TPSA) is 0 Å². The average Bonchev–Trinajstić information content (AvgIpc) is 2.59. The van der Waals surface area contributed by atoms with Crippen LogP contribution in [0.4, 0.5) is 0 Å². The average molecular weight is 386 g/mol. The van der Waals surface area contributed by atoms with E-state index >= 15 is 0 Å². The Labute approximate surface area is 114 Å². The zero-order chi connectivity index (χ0) is 11.3. The van der Waals surface area contributed by atoms with Crippen LogP contribution in [0.25, 0.3) is 11.1 Å². The van der Waals surface area contributed by atoms with Crippen molar-refractivity contribution in [3.63, 3.8) is 0 Å². The molecule has 1 aliphatic heterocycles. The summed E-state index contributed by atoms with van der Waals surface area (Å²) < 4.78 is 4.43. The summed E-state index contributed by atoms with van der Waals surface area (Å²) in [7, 11) is 0. The first-order valence-corrected chi connectivity index (χ1v) is 8.17. The lowest BCUT2D eigenvalue weighted by molar-refractivity contribution is -0.591. The van der Waals surface area contributed by atoms with Gasteiger partial charge in [0.1, 0.15) is 0 Å². The van der Waals surface area contributed by atoms with E-state index in [1.54, 1.807) is 7.14 Å². The molecule has 2 heteroatoms. The third-order valence-electron chi connectivity index (χ3n) is 2.83. The molecule has 0 saturated carbocycles. The lowest BCUT2D eigenvalue weighted by Crippen LogP contribution is -3.61. The van der Waals surface area contributed by atoms with Crippen molar-refractivity contribution in [2.45, 2.75) is 13.8 Å². The SMILES string of the molecule is Cc1cc(C)c2c(c1)-c1cccc(Br)c1[I+]2. The van der Waals surface area contributed by atoms with Crippen LogP contribution in [-0.4, -0.2) is 0 Å². The van der Waals surface area contributed by atoms with Gasteiger partial charge in [-0.15, -0.1) is 0 Å². The van der Waals surface area contributed by atoms with Crippen molar-refractivity contribution >= 4 is 15.9 Å². The van der Waals surface area contributed by atoms with E-state index < -0.39 is 0 Å². The zero-order valence-electron chi connectivity index (χ0n) is 9.14. The normalized spacial score (nSPS) is 12.4. The van der Waals surface area contributed by atoms with Crippen LogP contribution in [0.15, 0.2) is 34.8 Å². The molecule has 0 atom stereocenters. The lowest BCUT2D eigenvalue weighted by atomic mass is 10.0. The van der Waals surface area contributed by atoms with E-state index in [2.05, 4.69) is 60.1 Å². The van der Waals surface area contributed by atoms with Gasteiger partial charge >= 0.3 is 21.2 Å². The molecule has 0 amide bonds. The summed E-state index contributed by atoms with van der Waals surface area (Å²) in [6.45, 7) is 4.42. The van der Waals surface area contributed by atoms with E-state index in [4.69, 9.17) is 0 Å². The maximum absolute atomic E-state index is 3.68. The summed E-state index contributed by atoms with van der Waals surface area (Å²) in [6, 6.07) is 11.2. The summed E-state index contributed by atoms with van der Waals surface area (Å²) in [4.78, 5) is 0. The number of hydrogen-bond donors (Lipinski definition) is 0. The molecule has 0 bridgehead atoms. The highest BCUT2D eigenvalue weighted by Gasteiger charge is 2.36. The molecule has 0 fully saturated rings. The van der Waals surface area contributed by atoms with Crippen molar-refractivity contribution in [1.82, 2.24) is 0 Å². The van der Waals surface area contributed by atoms with Crippen molar-refractivity contribution in [2.75, 3.05) is 0 Å². The molecule has 0 unspecified atom stereocenters. The fraction of sp³-hybridized carbons (Fsp3) is 0.143. The fourth-order valence-corrected chi connectivity index (χ4v) is 6.10. The molecular weight excluding hydrogens is 375 g/mol. The Balaban J connectivity index is 2.33. The third kappa shape index (κ3) is 1.54. The van der Waals surface area contributed by atoms with Gasteiger partial charge in [0, 0.05) is 16.7 Å². The molecule has 0 N–H and O–H groups in total. The Morgan fingerprint density at radius 2 is 1.81 bits per heavy atom. The molecule has 80 valence electrons. The highest BCUT2D eigenvalue weighted by Crippen LogP contribution is 2.28. The van der Waals surface area contributed by atoms with Gasteiger partial charge in [0.05, 0.1) is 4.47 Å². The Bertz CT molecular complexity index is 588. The van der Waals surface area contributed by atoms with Crippen LogP contribution in [0.2, 0.25) is 0 Å². The molecule has 2 aromatic rings. The van der Waals surface area contributed by atoms with Crippen LogP contribution in [-0.2, 0) is 0 Å². The van der Waals surface area contributed by atoms with Crippen LogP contribution < -0.4 is 21.2 Å². The molecule has 0 nitrogen and oxygen atoms in total. The molecule has 0 spiro atoms. The van der Waals surface area contributed by atoms with Gasteiger partial charge in [0.25, 0.3) is 0 Å². The second kappa shape index (κ2) is 3.84. The molecule has 1 aliphatic rings. The monoisotopic (exact) mass is 385 g/mol. The first-order valence-electron chi connectivity index (χ1n) is 5.22. The third-order valence-corrected chi connectivity index (χ3v) is 7.90. The second-order valence-electron chi connectivity index (χ2n) is 4.14. The largest absolute Gasteiger partial charge is 0.360 e. The number of rotatable bonds is 0. The zero-order valence-corrected chi connectivity index (χ0v) is 12.9. The van der Waals surface area contributed by atoms with Gasteiger partial charge in [-0.05, 0) is 53.5 Å². The summed E-state index contributed by atoms with van der Waals surface area (Å²) >= 11 is 3.68. The minimum absolute atomic E-state index is 0.000316. The van der Waals surface area contributed by atoms with E-state index in [9.17, 15) is 0 Å². The molecule has 1 heterocycles. The van der Waals surface area contributed by atoms with Gasteiger partial charge in [-0.25, -0.2) is 0 Å². The molecule has 0 radical (unpaired) electrons. The van der Waals surface area contributed by atoms with Crippen LogP contribution in [0.1, 0.15) is 11.1 Å². The van der Waals surface area contributed by atoms with Crippen LogP contribution in [0.3, 0.4) is 0 Å². The van der Waals surface area contributed by atoms with Crippen molar-refractivity contribution in [3.05, 3.63) is 53.1 Å². The van der Waals surface area contributed by atoms with E-state index in [1.165, 1.54) is 26.7 Å². The van der Waals surface area contributed by atoms with Crippen LogP contribution in [0.5, 0.6) is 0 Å². The molecule has 0 aromatic heterocycles. The van der Waals surface area contributed by atoms with Gasteiger partial charge in [0.15, 0.2) is 0 Å². The van der Waals surface area contributed by atoms with Gasteiger partial charge in [-0.1, -0.05) is 12.1 Å². The standard InChI is InChI=1S/C14H11BrI/c1-8-6-9(2)13-11(7-8)10-4-3-5-12(15)14(10)16-13/h3-7H,1-2H3/q+1. The summed E-state index contributed by atoms with van der Waals surface area (Å²) in [5.41, 5.74) is 5.75. The molecule has 16 heavy (non-hydrogen) atoms. The highest BCUT2D eigenvalue weighted by atomic mass is 127. The number of aryl methyl sites for hydroxylation is 2. The Morgan fingerprint density at radius 1 is 1.00 bits per heavy atom. The quantitative estimate of drug-likeness (QED) is 0.510. The van der Waals surface area contributed by atoms with Crippen LogP contribution in [0, 0.1) is 21.0 Å². The minimum Gasteiger partial charge on any atom is -0.0602 e. The minimum atomic E-state index is -0.000316. The predicted molar refractivity (Wildman–Crippen MR) is 66.4 cm³/mol. The maximum atomic E-state index is 3.68. The smallest absolute Gasteiger partial charge is 0.0602 e. The predicted octanol–water partition coefficient (Wildman–Crippen LogP) is 1.17. The Kier molecular flexibility index (Phi) is 2.59. The lowest BCUT2D eigenvalue weighted by Gasteiger charge is -1.99. The maximum Gasteiger partial charge on any atom is 0.360 e. The number of benzene rings is 2. The van der Waals surface area contributed by atoms with Crippen molar-refractivity contribution in [1.29, 1.82) is 0 Å². The summed E-state index contributed by atoms with van der Waals surface area (Å²) in [6.07, 6.45) is 0. The first-order chi connectivity index (χ1) is 7.66. The number of halogens is 2. The number of hydrogen-bond acceptors (Lipinski definition) is 0. The molecule has 3 rings (SSSR count). The van der Waals surface area contributed by atoms with E-state index in [0.29, 0.717) is 0 Å². The molecular formula is C14H11BrI+. The second-order valence-corrected chi connectivity index (χ2v) is 7.69. The molecule has 0 aliphatic carbocycles. The summed E-state index contributed by atoms with van der Waals surface area (Å²) in [5.74, 6) is 0. The molecule has 2 aromatic carbocycles. The van der Waals surface area contributed by atoms with Crippen LogP contribution >= 0.6 is 15.9 Å². The van der Waals surface area contributed by atoms with Crippen molar-refractivity contribution in [2.24, 2.45) is 0 Å². The molecule has 0 saturated heterocycles. The Morgan fingerprint density at radius 3 is 2.62 bits per heavy atom. The fourth-order valence-electron chi connectivity index (χ4n) is 2.17. The van der Waals surface area contributed by atoms with E-state index in [0.717, 1.165) is 0 Å². The van der Waals surface area contributed by atoms with E-state index in [1.807, 2.05) is 0 Å². The van der Waals surface area contributed by atoms with Crippen molar-refractivity contribution in [3.8, 4) is 11.1 Å².